The highest BCUT2D eigenvalue weighted by Gasteiger charge is 2.42. The van der Waals surface area contributed by atoms with Gasteiger partial charge in [-0.15, -0.1) is 0 Å². The van der Waals surface area contributed by atoms with Crippen LogP contribution < -0.4 is 0 Å². The Hall–Kier alpha value is -2.08. The van der Waals surface area contributed by atoms with Crippen molar-refractivity contribution >= 4 is 21.7 Å². The van der Waals surface area contributed by atoms with Gasteiger partial charge >= 0.3 is 5.97 Å². The van der Waals surface area contributed by atoms with Crippen molar-refractivity contribution in [3.63, 3.8) is 0 Å². The molecule has 0 unspecified atom stereocenters. The fraction of sp³-hybridized carbons (Fsp3) is 0.588. The molecular formula is C17H23N3O7S. The van der Waals surface area contributed by atoms with Crippen LogP contribution in [-0.4, -0.2) is 79.1 Å². The number of esters is 1. The summed E-state index contributed by atoms with van der Waals surface area (Å²) in [6.45, 7) is 1.05. The molecule has 0 aromatic heterocycles. The van der Waals surface area contributed by atoms with E-state index in [1.807, 2.05) is 4.90 Å². The molecule has 1 saturated carbocycles. The lowest BCUT2D eigenvalue weighted by Gasteiger charge is -2.38. The SMILES string of the molecule is COC(=O)[C@H]1C[C@@H](N2CCN(S(=O)(=O)c3ccccc3[N+](=O)[O-])CC2)[C@@H](O)C1. The summed E-state index contributed by atoms with van der Waals surface area (Å²) < 4.78 is 31.7. The van der Waals surface area contributed by atoms with Crippen LogP contribution in [0.3, 0.4) is 0 Å². The average molecular weight is 413 g/mol. The predicted molar refractivity (Wildman–Crippen MR) is 98.0 cm³/mol. The number of carbonyl (C=O) groups is 1. The molecule has 0 bridgehead atoms. The molecule has 1 saturated heterocycles. The second-order valence-corrected chi connectivity index (χ2v) is 8.90. The molecule has 28 heavy (non-hydrogen) atoms. The van der Waals surface area contributed by atoms with Crippen LogP contribution in [0.25, 0.3) is 0 Å². The van der Waals surface area contributed by atoms with E-state index in [1.54, 1.807) is 0 Å². The van der Waals surface area contributed by atoms with Crippen molar-refractivity contribution in [3.05, 3.63) is 34.4 Å². The number of nitro groups is 1. The van der Waals surface area contributed by atoms with Crippen LogP contribution in [-0.2, 0) is 19.6 Å². The fourth-order valence-electron chi connectivity index (χ4n) is 3.99. The van der Waals surface area contributed by atoms with Crippen LogP contribution in [0.15, 0.2) is 29.2 Å². The first kappa shape index (κ1) is 20.6. The van der Waals surface area contributed by atoms with Gasteiger partial charge in [0, 0.05) is 38.3 Å². The highest BCUT2D eigenvalue weighted by molar-refractivity contribution is 7.89. The largest absolute Gasteiger partial charge is 0.469 e. The van der Waals surface area contributed by atoms with E-state index >= 15 is 0 Å². The molecule has 3 rings (SSSR count). The maximum atomic E-state index is 12.9. The van der Waals surface area contributed by atoms with Gasteiger partial charge in [0.15, 0.2) is 4.90 Å². The molecule has 1 aliphatic carbocycles. The molecule has 1 aliphatic heterocycles. The Bertz CT molecular complexity index is 852. The lowest BCUT2D eigenvalue weighted by Crippen LogP contribution is -2.53. The Morgan fingerprint density at radius 2 is 1.86 bits per heavy atom. The number of methoxy groups -OCH3 is 1. The lowest BCUT2D eigenvalue weighted by molar-refractivity contribution is -0.387. The van der Waals surface area contributed by atoms with E-state index in [-0.39, 0.29) is 35.9 Å². The van der Waals surface area contributed by atoms with Crippen molar-refractivity contribution in [3.8, 4) is 0 Å². The maximum Gasteiger partial charge on any atom is 0.308 e. The summed E-state index contributed by atoms with van der Waals surface area (Å²) in [5.74, 6) is -0.710. The summed E-state index contributed by atoms with van der Waals surface area (Å²) in [5, 5.41) is 21.5. The van der Waals surface area contributed by atoms with E-state index in [0.717, 1.165) is 0 Å². The third-order valence-electron chi connectivity index (χ3n) is 5.45. The van der Waals surface area contributed by atoms with E-state index in [9.17, 15) is 28.4 Å². The van der Waals surface area contributed by atoms with Crippen LogP contribution in [0, 0.1) is 16.0 Å². The third kappa shape index (κ3) is 3.88. The zero-order valence-electron chi connectivity index (χ0n) is 15.4. The molecule has 2 aliphatic rings. The molecule has 3 atom stereocenters. The Morgan fingerprint density at radius 1 is 1.21 bits per heavy atom. The summed E-state index contributed by atoms with van der Waals surface area (Å²) >= 11 is 0. The Labute approximate surface area is 162 Å². The minimum Gasteiger partial charge on any atom is -0.469 e. The van der Waals surface area contributed by atoms with E-state index in [2.05, 4.69) is 0 Å². The molecule has 0 amide bonds. The van der Waals surface area contributed by atoms with E-state index < -0.39 is 26.7 Å². The van der Waals surface area contributed by atoms with Crippen molar-refractivity contribution in [1.82, 2.24) is 9.21 Å². The van der Waals surface area contributed by atoms with Gasteiger partial charge in [-0.05, 0) is 18.9 Å². The number of aliphatic hydroxyl groups excluding tert-OH is 1. The number of nitrogens with zero attached hydrogens (tertiary/aromatic N) is 3. The standard InChI is InChI=1S/C17H23N3O7S/c1-27-17(22)12-10-14(15(21)11-12)18-6-8-19(9-7-18)28(25,26)16-5-3-2-4-13(16)20(23)24/h2-5,12,14-15,21H,6-11H2,1H3/t12-,14+,15-/m0/s1. The molecular weight excluding hydrogens is 390 g/mol. The van der Waals surface area contributed by atoms with Gasteiger partial charge in [0.2, 0.25) is 10.0 Å². The lowest BCUT2D eigenvalue weighted by atomic mass is 10.1. The minimum absolute atomic E-state index is 0.153. The van der Waals surface area contributed by atoms with Gasteiger partial charge in [0.25, 0.3) is 5.69 Å². The van der Waals surface area contributed by atoms with Crippen molar-refractivity contribution in [1.29, 1.82) is 0 Å². The molecule has 1 aromatic rings. The first-order valence-corrected chi connectivity index (χ1v) is 10.4. The number of sulfonamides is 1. The van der Waals surface area contributed by atoms with E-state index in [1.165, 1.54) is 35.7 Å². The van der Waals surface area contributed by atoms with Gasteiger partial charge in [-0.2, -0.15) is 4.31 Å². The molecule has 1 N–H and O–H groups in total. The Balaban J connectivity index is 1.69. The summed E-state index contributed by atoms with van der Waals surface area (Å²) in [4.78, 5) is 23.8. The third-order valence-corrected chi connectivity index (χ3v) is 7.40. The number of ether oxygens (including phenoxy) is 1. The molecule has 2 fully saturated rings. The van der Waals surface area contributed by atoms with Gasteiger partial charge in [0.05, 0.1) is 24.1 Å². The van der Waals surface area contributed by atoms with E-state index in [4.69, 9.17) is 4.74 Å². The summed E-state index contributed by atoms with van der Waals surface area (Å²) in [7, 11) is -2.68. The number of para-hydroxylation sites is 1. The van der Waals surface area contributed by atoms with Gasteiger partial charge in [-0.1, -0.05) is 12.1 Å². The normalized spacial score (nSPS) is 26.9. The van der Waals surface area contributed by atoms with Gasteiger partial charge in [0.1, 0.15) is 0 Å². The number of hydrogen-bond donors (Lipinski definition) is 1. The second-order valence-electron chi connectivity index (χ2n) is 6.99. The molecule has 154 valence electrons. The van der Waals surface area contributed by atoms with E-state index in [0.29, 0.717) is 25.9 Å². The fourth-order valence-corrected chi connectivity index (χ4v) is 5.57. The van der Waals surface area contributed by atoms with Crippen LogP contribution in [0.2, 0.25) is 0 Å². The van der Waals surface area contributed by atoms with Crippen LogP contribution in [0.5, 0.6) is 0 Å². The zero-order chi connectivity index (χ0) is 20.5. The smallest absolute Gasteiger partial charge is 0.308 e. The quantitative estimate of drug-likeness (QED) is 0.412. The summed E-state index contributed by atoms with van der Waals surface area (Å²) in [5.41, 5.74) is -0.447. The number of benzene rings is 1. The molecule has 1 aromatic carbocycles. The minimum atomic E-state index is -4.00. The first-order valence-electron chi connectivity index (χ1n) is 8.99. The number of rotatable bonds is 5. The number of aliphatic hydroxyl groups is 1. The van der Waals surface area contributed by atoms with Crippen molar-refractivity contribution < 1.29 is 28.0 Å². The summed E-state index contributed by atoms with van der Waals surface area (Å²) in [6.07, 6.45) is 0.110. The highest BCUT2D eigenvalue weighted by atomic mass is 32.2. The van der Waals surface area contributed by atoms with Crippen molar-refractivity contribution in [2.45, 2.75) is 29.9 Å². The second kappa shape index (κ2) is 8.11. The Kier molecular flexibility index (Phi) is 5.98. The monoisotopic (exact) mass is 413 g/mol. The summed E-state index contributed by atoms with van der Waals surface area (Å²) in [6, 6.07) is 5.05. The van der Waals surface area contributed by atoms with Gasteiger partial charge < -0.3 is 9.84 Å². The molecule has 0 radical (unpaired) electrons. The van der Waals surface area contributed by atoms with Gasteiger partial charge in [-0.3, -0.25) is 19.8 Å². The van der Waals surface area contributed by atoms with Gasteiger partial charge in [-0.25, -0.2) is 8.42 Å². The molecule has 1 heterocycles. The van der Waals surface area contributed by atoms with Crippen molar-refractivity contribution in [2.24, 2.45) is 5.92 Å². The zero-order valence-corrected chi connectivity index (χ0v) is 16.2. The number of carbonyl (C=O) groups excluding carboxylic acids is 1. The highest BCUT2D eigenvalue weighted by Crippen LogP contribution is 2.32. The molecule has 11 heteroatoms. The topological polar surface area (TPSA) is 130 Å². The predicted octanol–water partition coefficient (Wildman–Crippen LogP) is 0.214. The maximum absolute atomic E-state index is 12.9. The first-order chi connectivity index (χ1) is 13.3. The Morgan fingerprint density at radius 3 is 2.46 bits per heavy atom. The van der Waals surface area contributed by atoms with Crippen LogP contribution in [0.4, 0.5) is 5.69 Å². The molecule has 10 nitrogen and oxygen atoms in total. The van der Waals surface area contributed by atoms with Crippen LogP contribution in [0.1, 0.15) is 12.8 Å². The number of hydrogen-bond acceptors (Lipinski definition) is 8. The number of nitro benzene ring substituents is 1. The molecule has 0 spiro atoms. The van der Waals surface area contributed by atoms with Crippen molar-refractivity contribution in [2.75, 3.05) is 33.3 Å². The number of piperazine rings is 1. The van der Waals surface area contributed by atoms with Crippen LogP contribution >= 0.6 is 0 Å². The average Bonchev–Trinajstić information content (AvgIpc) is 3.09.